The number of esters is 1. The summed E-state index contributed by atoms with van der Waals surface area (Å²) >= 11 is 0. The van der Waals surface area contributed by atoms with E-state index in [2.05, 4.69) is 35.8 Å². The standard InChI is InChI=1S/C10H16O3Si/c1-13-10(12)6-5-9(11)7-8-14(2,3)4/h5-6H2,1-4H3. The van der Waals surface area contributed by atoms with E-state index in [0.717, 1.165) is 0 Å². The lowest BCUT2D eigenvalue weighted by Gasteiger charge is -2.02. The van der Waals surface area contributed by atoms with Crippen molar-refractivity contribution in [3.63, 3.8) is 0 Å². The molecule has 14 heavy (non-hydrogen) atoms. The molecular weight excluding hydrogens is 196 g/mol. The predicted octanol–water partition coefficient (Wildman–Crippen LogP) is 1.39. The Labute approximate surface area is 85.8 Å². The highest BCUT2D eigenvalue weighted by Crippen LogP contribution is 1.97. The number of ether oxygens (including phenoxy) is 1. The van der Waals surface area contributed by atoms with Crippen LogP contribution in [-0.2, 0) is 14.3 Å². The van der Waals surface area contributed by atoms with Crippen LogP contribution in [0.2, 0.25) is 19.6 Å². The van der Waals surface area contributed by atoms with Crippen molar-refractivity contribution in [3.05, 3.63) is 0 Å². The molecule has 0 fully saturated rings. The van der Waals surface area contributed by atoms with Gasteiger partial charge in [-0.05, 0) is 5.92 Å². The number of Topliss-reactive ketones (excluding diaryl/α,β-unsaturated/α-hetero) is 1. The minimum Gasteiger partial charge on any atom is -0.469 e. The summed E-state index contributed by atoms with van der Waals surface area (Å²) in [6.07, 6.45) is 0.278. The van der Waals surface area contributed by atoms with Crippen molar-refractivity contribution in [2.45, 2.75) is 32.5 Å². The Morgan fingerprint density at radius 2 is 1.79 bits per heavy atom. The molecule has 0 aliphatic heterocycles. The molecule has 3 nitrogen and oxygen atoms in total. The van der Waals surface area contributed by atoms with Crippen LogP contribution in [0.4, 0.5) is 0 Å². The highest BCUT2D eigenvalue weighted by atomic mass is 28.3. The zero-order chi connectivity index (χ0) is 11.2. The number of carbonyl (C=O) groups is 2. The van der Waals surface area contributed by atoms with Gasteiger partial charge in [0.2, 0.25) is 5.78 Å². The van der Waals surface area contributed by atoms with E-state index in [1.54, 1.807) is 0 Å². The maximum absolute atomic E-state index is 11.2. The maximum Gasteiger partial charge on any atom is 0.305 e. The van der Waals surface area contributed by atoms with E-state index in [9.17, 15) is 9.59 Å². The molecule has 0 aliphatic carbocycles. The Morgan fingerprint density at radius 1 is 1.21 bits per heavy atom. The van der Waals surface area contributed by atoms with Crippen LogP contribution in [0.25, 0.3) is 0 Å². The molecule has 0 rings (SSSR count). The van der Waals surface area contributed by atoms with Crippen LogP contribution in [0.1, 0.15) is 12.8 Å². The molecule has 0 aliphatic rings. The molecular formula is C10H16O3Si. The molecule has 0 aromatic rings. The summed E-state index contributed by atoms with van der Waals surface area (Å²) in [5, 5.41) is 0. The molecule has 0 N–H and O–H groups in total. The first-order chi connectivity index (χ1) is 6.35. The predicted molar refractivity (Wildman–Crippen MR) is 57.4 cm³/mol. The van der Waals surface area contributed by atoms with E-state index >= 15 is 0 Å². The Hall–Kier alpha value is -1.08. The van der Waals surface area contributed by atoms with Gasteiger partial charge in [-0.15, -0.1) is 5.54 Å². The molecule has 0 heterocycles. The van der Waals surface area contributed by atoms with Crippen LogP contribution in [0.5, 0.6) is 0 Å². The Kier molecular flexibility index (Phi) is 5.17. The summed E-state index contributed by atoms with van der Waals surface area (Å²) in [6.45, 7) is 6.19. The average molecular weight is 212 g/mol. The van der Waals surface area contributed by atoms with Gasteiger partial charge in [0.25, 0.3) is 0 Å². The Morgan fingerprint density at radius 3 is 2.21 bits per heavy atom. The van der Waals surface area contributed by atoms with E-state index in [1.807, 2.05) is 0 Å². The fraction of sp³-hybridized carbons (Fsp3) is 0.600. The van der Waals surface area contributed by atoms with Crippen LogP contribution < -0.4 is 0 Å². The highest BCUT2D eigenvalue weighted by molar-refractivity contribution is 6.84. The van der Waals surface area contributed by atoms with Gasteiger partial charge < -0.3 is 4.74 Å². The van der Waals surface area contributed by atoms with Gasteiger partial charge in [-0.25, -0.2) is 0 Å². The largest absolute Gasteiger partial charge is 0.469 e. The van der Waals surface area contributed by atoms with Gasteiger partial charge in [0.15, 0.2) is 0 Å². The molecule has 0 unspecified atom stereocenters. The minimum absolute atomic E-state index is 0.121. The van der Waals surface area contributed by atoms with Crippen molar-refractivity contribution in [1.29, 1.82) is 0 Å². The third kappa shape index (κ3) is 7.56. The second-order valence-corrected chi connectivity index (χ2v) is 8.75. The Bertz CT molecular complexity index is 278. The summed E-state index contributed by atoms with van der Waals surface area (Å²) in [5.41, 5.74) is 2.95. The molecule has 0 atom stereocenters. The molecule has 0 spiro atoms. The monoisotopic (exact) mass is 212 g/mol. The Balaban J connectivity index is 3.98. The lowest BCUT2D eigenvalue weighted by molar-refractivity contribution is -0.141. The van der Waals surface area contributed by atoms with Crippen molar-refractivity contribution in [3.8, 4) is 11.5 Å². The molecule has 0 saturated heterocycles. The average Bonchev–Trinajstić information content (AvgIpc) is 2.09. The quantitative estimate of drug-likeness (QED) is 0.403. The van der Waals surface area contributed by atoms with E-state index in [1.165, 1.54) is 7.11 Å². The lowest BCUT2D eigenvalue weighted by Crippen LogP contribution is -2.17. The molecule has 4 heteroatoms. The minimum atomic E-state index is -1.48. The molecule has 0 radical (unpaired) electrons. The smallest absolute Gasteiger partial charge is 0.305 e. The zero-order valence-electron chi connectivity index (χ0n) is 9.14. The summed E-state index contributed by atoms with van der Waals surface area (Å²) in [6, 6.07) is 0. The number of methoxy groups -OCH3 is 1. The first kappa shape index (κ1) is 12.9. The first-order valence-corrected chi connectivity index (χ1v) is 7.98. The van der Waals surface area contributed by atoms with E-state index in [-0.39, 0.29) is 24.6 Å². The topological polar surface area (TPSA) is 43.4 Å². The van der Waals surface area contributed by atoms with Gasteiger partial charge in [0.05, 0.1) is 13.5 Å². The van der Waals surface area contributed by atoms with Gasteiger partial charge in [-0.2, -0.15) is 0 Å². The van der Waals surface area contributed by atoms with Gasteiger partial charge in [-0.3, -0.25) is 9.59 Å². The fourth-order valence-electron chi connectivity index (χ4n) is 0.637. The van der Waals surface area contributed by atoms with E-state index in [0.29, 0.717) is 0 Å². The summed E-state index contributed by atoms with van der Waals surface area (Å²) in [7, 11) is -0.177. The number of rotatable bonds is 3. The van der Waals surface area contributed by atoms with Crippen LogP contribution in [0.15, 0.2) is 0 Å². The summed E-state index contributed by atoms with van der Waals surface area (Å²) in [5.74, 6) is 2.02. The molecule has 0 aromatic carbocycles. The van der Waals surface area contributed by atoms with Crippen molar-refractivity contribution < 1.29 is 14.3 Å². The molecule has 0 saturated carbocycles. The van der Waals surface area contributed by atoms with Gasteiger partial charge in [-0.1, -0.05) is 19.6 Å². The zero-order valence-corrected chi connectivity index (χ0v) is 10.1. The van der Waals surface area contributed by atoms with E-state index in [4.69, 9.17) is 0 Å². The summed E-state index contributed by atoms with van der Waals surface area (Å²) < 4.78 is 4.42. The maximum atomic E-state index is 11.2. The van der Waals surface area contributed by atoms with Crippen LogP contribution in [-0.4, -0.2) is 26.9 Å². The van der Waals surface area contributed by atoms with Crippen molar-refractivity contribution in [1.82, 2.24) is 0 Å². The highest BCUT2D eigenvalue weighted by Gasteiger charge is 2.09. The van der Waals surface area contributed by atoms with E-state index < -0.39 is 8.07 Å². The second kappa shape index (κ2) is 5.61. The molecule has 0 aromatic heterocycles. The van der Waals surface area contributed by atoms with Crippen molar-refractivity contribution >= 4 is 19.8 Å². The SMILES string of the molecule is COC(=O)CCC(=O)C#C[Si](C)(C)C. The summed E-state index contributed by atoms with van der Waals surface area (Å²) in [4.78, 5) is 21.9. The van der Waals surface area contributed by atoms with Gasteiger partial charge in [0.1, 0.15) is 8.07 Å². The third-order valence-corrected chi connectivity index (χ3v) is 2.24. The second-order valence-electron chi connectivity index (χ2n) is 4.00. The normalized spacial score (nSPS) is 10.0. The number of carbonyl (C=O) groups excluding carboxylic acids is 2. The van der Waals surface area contributed by atoms with Crippen LogP contribution in [0.3, 0.4) is 0 Å². The third-order valence-electron chi connectivity index (χ3n) is 1.36. The number of hydrogen-bond donors (Lipinski definition) is 0. The number of hydrogen-bond acceptors (Lipinski definition) is 3. The van der Waals surface area contributed by atoms with Crippen LogP contribution in [0, 0.1) is 11.5 Å². The molecule has 78 valence electrons. The van der Waals surface area contributed by atoms with Gasteiger partial charge >= 0.3 is 5.97 Å². The number of ketones is 1. The van der Waals surface area contributed by atoms with Crippen molar-refractivity contribution in [2.24, 2.45) is 0 Å². The lowest BCUT2D eigenvalue weighted by atomic mass is 10.2. The van der Waals surface area contributed by atoms with Crippen molar-refractivity contribution in [2.75, 3.05) is 7.11 Å². The molecule has 0 amide bonds. The fourth-order valence-corrected chi connectivity index (χ4v) is 1.15. The van der Waals surface area contributed by atoms with Gasteiger partial charge in [0, 0.05) is 6.42 Å². The first-order valence-electron chi connectivity index (χ1n) is 4.48. The van der Waals surface area contributed by atoms with Crippen LogP contribution >= 0.6 is 0 Å². The molecule has 0 bridgehead atoms.